The van der Waals surface area contributed by atoms with Crippen molar-refractivity contribution in [3.05, 3.63) is 59.0 Å². The number of nitrogens with one attached hydrogen (secondary N) is 1. The molecule has 0 saturated heterocycles. The van der Waals surface area contributed by atoms with E-state index in [4.69, 9.17) is 9.47 Å². The summed E-state index contributed by atoms with van der Waals surface area (Å²) in [6, 6.07) is 16.9. The predicted molar refractivity (Wildman–Crippen MR) is 101 cm³/mol. The zero-order valence-corrected chi connectivity index (χ0v) is 15.2. The number of rotatable bonds is 7. The van der Waals surface area contributed by atoms with Crippen molar-refractivity contribution in [2.45, 2.75) is 26.5 Å². The molecule has 0 aliphatic carbocycles. The lowest BCUT2D eigenvalue weighted by atomic mass is 10.1. The maximum Gasteiger partial charge on any atom is 0.120 e. The molecule has 0 aliphatic rings. The average molecular weight is 341 g/mol. The Labute approximate surface area is 147 Å². The molecule has 4 heteroatoms. The lowest BCUT2D eigenvalue weighted by Gasteiger charge is -2.08. The number of thiophene rings is 1. The number of benzene rings is 2. The third kappa shape index (κ3) is 3.89. The minimum atomic E-state index is 0.381. The standard InChI is InChI=1S/C20H23NO2S/c1-4-22-17-7-9-18(10-8-17)23-13-15-5-6-16-12-19(14(2)21-3)24-20(16)11-15/h5-12,14,21H,4,13H2,1-3H3. The van der Waals surface area contributed by atoms with Crippen LogP contribution in [-0.4, -0.2) is 13.7 Å². The van der Waals surface area contributed by atoms with Crippen molar-refractivity contribution < 1.29 is 9.47 Å². The molecule has 0 saturated carbocycles. The second-order valence-corrected chi connectivity index (χ2v) is 6.84. The van der Waals surface area contributed by atoms with E-state index >= 15 is 0 Å². The molecule has 24 heavy (non-hydrogen) atoms. The third-order valence-electron chi connectivity index (χ3n) is 4.00. The quantitative estimate of drug-likeness (QED) is 0.644. The number of fused-ring (bicyclic) bond motifs is 1. The van der Waals surface area contributed by atoms with Gasteiger partial charge in [0, 0.05) is 15.6 Å². The lowest BCUT2D eigenvalue weighted by Crippen LogP contribution is -2.10. The van der Waals surface area contributed by atoms with Crippen molar-refractivity contribution in [1.82, 2.24) is 5.32 Å². The molecule has 0 spiro atoms. The molecule has 1 atom stereocenters. The van der Waals surface area contributed by atoms with Gasteiger partial charge in [0.1, 0.15) is 18.1 Å². The van der Waals surface area contributed by atoms with E-state index in [1.54, 1.807) is 0 Å². The van der Waals surface area contributed by atoms with E-state index in [0.29, 0.717) is 19.3 Å². The Kier molecular flexibility index (Phi) is 5.38. The second-order valence-electron chi connectivity index (χ2n) is 5.72. The molecule has 0 radical (unpaired) electrons. The molecule has 0 amide bonds. The van der Waals surface area contributed by atoms with Crippen LogP contribution in [0.2, 0.25) is 0 Å². The highest BCUT2D eigenvalue weighted by Crippen LogP contribution is 2.30. The highest BCUT2D eigenvalue weighted by atomic mass is 32.1. The smallest absolute Gasteiger partial charge is 0.120 e. The van der Waals surface area contributed by atoms with Gasteiger partial charge >= 0.3 is 0 Å². The van der Waals surface area contributed by atoms with Crippen molar-refractivity contribution in [3.63, 3.8) is 0 Å². The van der Waals surface area contributed by atoms with E-state index in [1.165, 1.54) is 20.5 Å². The molecule has 1 N–H and O–H groups in total. The van der Waals surface area contributed by atoms with E-state index < -0.39 is 0 Å². The Bertz CT molecular complexity index is 795. The summed E-state index contributed by atoms with van der Waals surface area (Å²) in [6.07, 6.45) is 0. The summed E-state index contributed by atoms with van der Waals surface area (Å²) in [5.74, 6) is 1.73. The van der Waals surface area contributed by atoms with Gasteiger partial charge in [-0.2, -0.15) is 0 Å². The van der Waals surface area contributed by atoms with Crippen LogP contribution in [0.3, 0.4) is 0 Å². The Balaban J connectivity index is 1.68. The molecule has 3 nitrogen and oxygen atoms in total. The van der Waals surface area contributed by atoms with E-state index in [9.17, 15) is 0 Å². The maximum absolute atomic E-state index is 5.89. The van der Waals surface area contributed by atoms with Crippen molar-refractivity contribution in [2.75, 3.05) is 13.7 Å². The number of ether oxygens (including phenoxy) is 2. The van der Waals surface area contributed by atoms with E-state index in [1.807, 2.05) is 49.6 Å². The summed E-state index contributed by atoms with van der Waals surface area (Å²) in [7, 11) is 1.99. The van der Waals surface area contributed by atoms with Crippen LogP contribution in [-0.2, 0) is 6.61 Å². The van der Waals surface area contributed by atoms with Gasteiger partial charge in [-0.25, -0.2) is 0 Å². The summed E-state index contributed by atoms with van der Waals surface area (Å²) in [6.45, 7) is 5.41. The van der Waals surface area contributed by atoms with Gasteiger partial charge in [-0.3, -0.25) is 0 Å². The van der Waals surface area contributed by atoms with Crippen LogP contribution in [0.5, 0.6) is 11.5 Å². The molecule has 1 heterocycles. The van der Waals surface area contributed by atoms with Gasteiger partial charge in [0.05, 0.1) is 6.61 Å². The number of hydrogen-bond donors (Lipinski definition) is 1. The van der Waals surface area contributed by atoms with Gasteiger partial charge in [0.25, 0.3) is 0 Å². The summed E-state index contributed by atoms with van der Waals surface area (Å²) < 4.78 is 12.6. The highest BCUT2D eigenvalue weighted by molar-refractivity contribution is 7.19. The van der Waals surface area contributed by atoms with E-state index in [0.717, 1.165) is 11.5 Å². The van der Waals surface area contributed by atoms with Crippen molar-refractivity contribution in [3.8, 4) is 11.5 Å². The number of hydrogen-bond acceptors (Lipinski definition) is 4. The van der Waals surface area contributed by atoms with Crippen molar-refractivity contribution in [2.24, 2.45) is 0 Å². The first-order valence-corrected chi connectivity index (χ1v) is 9.06. The first-order chi connectivity index (χ1) is 11.7. The van der Waals surface area contributed by atoms with Crippen LogP contribution < -0.4 is 14.8 Å². The van der Waals surface area contributed by atoms with Crippen LogP contribution in [0, 0.1) is 0 Å². The summed E-state index contributed by atoms with van der Waals surface area (Å²) in [5, 5.41) is 4.59. The highest BCUT2D eigenvalue weighted by Gasteiger charge is 2.08. The molecule has 126 valence electrons. The molecule has 0 aliphatic heterocycles. The summed E-state index contributed by atoms with van der Waals surface area (Å²) >= 11 is 1.84. The van der Waals surface area contributed by atoms with E-state index in [2.05, 4.69) is 36.5 Å². The molecular weight excluding hydrogens is 318 g/mol. The molecule has 1 unspecified atom stereocenters. The zero-order chi connectivity index (χ0) is 16.9. The minimum Gasteiger partial charge on any atom is -0.494 e. The summed E-state index contributed by atoms with van der Waals surface area (Å²) in [5.41, 5.74) is 1.18. The SMILES string of the molecule is CCOc1ccc(OCc2ccc3cc(C(C)NC)sc3c2)cc1. The fourth-order valence-corrected chi connectivity index (χ4v) is 3.70. The van der Waals surface area contributed by atoms with Gasteiger partial charge in [-0.05, 0) is 68.2 Å². The molecule has 1 aromatic heterocycles. The topological polar surface area (TPSA) is 30.5 Å². The third-order valence-corrected chi connectivity index (χ3v) is 5.28. The first kappa shape index (κ1) is 16.8. The molecular formula is C20H23NO2S. The Morgan fingerprint density at radius 2 is 1.71 bits per heavy atom. The van der Waals surface area contributed by atoms with Crippen LogP contribution in [0.4, 0.5) is 0 Å². The van der Waals surface area contributed by atoms with Gasteiger partial charge < -0.3 is 14.8 Å². The Morgan fingerprint density at radius 1 is 1.00 bits per heavy atom. The summed E-state index contributed by atoms with van der Waals surface area (Å²) in [4.78, 5) is 1.36. The van der Waals surface area contributed by atoms with Crippen molar-refractivity contribution >= 4 is 21.4 Å². The molecule has 0 fully saturated rings. The fraction of sp³-hybridized carbons (Fsp3) is 0.300. The molecule has 3 aromatic rings. The van der Waals surface area contributed by atoms with Crippen LogP contribution >= 0.6 is 11.3 Å². The monoisotopic (exact) mass is 341 g/mol. The van der Waals surface area contributed by atoms with Gasteiger partial charge in [0.2, 0.25) is 0 Å². The normalized spacial score (nSPS) is 12.3. The Hall–Kier alpha value is -2.04. The zero-order valence-electron chi connectivity index (χ0n) is 14.3. The average Bonchev–Trinajstić information content (AvgIpc) is 3.04. The first-order valence-electron chi connectivity index (χ1n) is 8.25. The Morgan fingerprint density at radius 3 is 2.38 bits per heavy atom. The molecule has 0 bridgehead atoms. The van der Waals surface area contributed by atoms with Crippen LogP contribution in [0.15, 0.2) is 48.5 Å². The van der Waals surface area contributed by atoms with Crippen molar-refractivity contribution in [1.29, 1.82) is 0 Å². The second kappa shape index (κ2) is 7.69. The minimum absolute atomic E-state index is 0.381. The van der Waals surface area contributed by atoms with Gasteiger partial charge in [-0.1, -0.05) is 12.1 Å². The fourth-order valence-electron chi connectivity index (χ4n) is 2.51. The van der Waals surface area contributed by atoms with Crippen LogP contribution in [0.1, 0.15) is 30.3 Å². The predicted octanol–water partition coefficient (Wildman–Crippen LogP) is 5.16. The largest absolute Gasteiger partial charge is 0.494 e. The van der Waals surface area contributed by atoms with Gasteiger partial charge in [0.15, 0.2) is 0 Å². The van der Waals surface area contributed by atoms with Crippen LogP contribution in [0.25, 0.3) is 10.1 Å². The van der Waals surface area contributed by atoms with E-state index in [-0.39, 0.29) is 0 Å². The maximum atomic E-state index is 5.89. The molecule has 3 rings (SSSR count). The lowest BCUT2D eigenvalue weighted by molar-refractivity contribution is 0.304. The molecule has 2 aromatic carbocycles. The van der Waals surface area contributed by atoms with Gasteiger partial charge in [-0.15, -0.1) is 11.3 Å².